The van der Waals surface area contributed by atoms with Crippen molar-refractivity contribution >= 4 is 17.6 Å². The SMILES string of the molecule is COC(=O)C1=C(C(=O)OC)C2(C)c3ccccc3N(C)C12. The van der Waals surface area contributed by atoms with Crippen LogP contribution in [0.5, 0.6) is 0 Å². The lowest BCUT2D eigenvalue weighted by molar-refractivity contribution is -0.141. The van der Waals surface area contributed by atoms with Gasteiger partial charge in [-0.1, -0.05) is 18.2 Å². The number of para-hydroxylation sites is 1. The first-order chi connectivity index (χ1) is 9.98. The number of hydrogen-bond acceptors (Lipinski definition) is 5. The van der Waals surface area contributed by atoms with E-state index in [1.165, 1.54) is 14.2 Å². The number of fused-ring (bicyclic) bond motifs is 3. The molecule has 0 bridgehead atoms. The highest BCUT2D eigenvalue weighted by Crippen LogP contribution is 2.58. The quantitative estimate of drug-likeness (QED) is 0.770. The Bertz CT molecular complexity index is 679. The summed E-state index contributed by atoms with van der Waals surface area (Å²) < 4.78 is 9.73. The van der Waals surface area contributed by atoms with Crippen LogP contribution in [0.2, 0.25) is 0 Å². The maximum atomic E-state index is 12.2. The van der Waals surface area contributed by atoms with E-state index in [1.807, 2.05) is 43.1 Å². The molecule has 0 saturated heterocycles. The Morgan fingerprint density at radius 1 is 1.14 bits per heavy atom. The van der Waals surface area contributed by atoms with E-state index in [-0.39, 0.29) is 6.04 Å². The molecule has 0 amide bonds. The van der Waals surface area contributed by atoms with E-state index in [1.54, 1.807) is 0 Å². The highest BCUT2D eigenvalue weighted by molar-refractivity contribution is 6.09. The van der Waals surface area contributed by atoms with Crippen molar-refractivity contribution in [3.8, 4) is 0 Å². The van der Waals surface area contributed by atoms with Crippen LogP contribution >= 0.6 is 0 Å². The monoisotopic (exact) mass is 287 g/mol. The first-order valence-electron chi connectivity index (χ1n) is 6.72. The molecular formula is C16H17NO4. The van der Waals surface area contributed by atoms with Crippen molar-refractivity contribution in [2.45, 2.75) is 18.4 Å². The summed E-state index contributed by atoms with van der Waals surface area (Å²) >= 11 is 0. The van der Waals surface area contributed by atoms with Crippen LogP contribution in [0.1, 0.15) is 12.5 Å². The summed E-state index contributed by atoms with van der Waals surface area (Å²) in [5.41, 5.74) is 2.31. The van der Waals surface area contributed by atoms with E-state index in [0.717, 1.165) is 11.3 Å². The van der Waals surface area contributed by atoms with Crippen molar-refractivity contribution in [3.05, 3.63) is 41.0 Å². The highest BCUT2D eigenvalue weighted by atomic mass is 16.5. The normalized spacial score (nSPS) is 25.9. The lowest BCUT2D eigenvalue weighted by Gasteiger charge is -2.46. The van der Waals surface area contributed by atoms with Gasteiger partial charge in [0, 0.05) is 12.7 Å². The van der Waals surface area contributed by atoms with Crippen LogP contribution in [0.3, 0.4) is 0 Å². The Balaban J connectivity index is 2.23. The molecule has 5 heteroatoms. The van der Waals surface area contributed by atoms with Gasteiger partial charge >= 0.3 is 11.9 Å². The topological polar surface area (TPSA) is 55.8 Å². The zero-order valence-electron chi connectivity index (χ0n) is 12.5. The first-order valence-corrected chi connectivity index (χ1v) is 6.72. The molecule has 3 rings (SSSR count). The number of carbonyl (C=O) groups is 2. The number of hydrogen-bond donors (Lipinski definition) is 0. The minimum Gasteiger partial charge on any atom is -0.466 e. The minimum absolute atomic E-state index is 0.198. The average molecular weight is 287 g/mol. The summed E-state index contributed by atoms with van der Waals surface area (Å²) in [6.07, 6.45) is 0. The maximum absolute atomic E-state index is 12.2. The second-order valence-electron chi connectivity index (χ2n) is 5.50. The van der Waals surface area contributed by atoms with Crippen molar-refractivity contribution in [3.63, 3.8) is 0 Å². The Morgan fingerprint density at radius 2 is 1.76 bits per heavy atom. The van der Waals surface area contributed by atoms with E-state index in [2.05, 4.69) is 0 Å². The molecular weight excluding hydrogens is 270 g/mol. The molecule has 1 aliphatic carbocycles. The van der Waals surface area contributed by atoms with Crippen LogP contribution in [-0.2, 0) is 24.5 Å². The first kappa shape index (κ1) is 13.7. The number of anilines is 1. The molecule has 21 heavy (non-hydrogen) atoms. The van der Waals surface area contributed by atoms with Crippen LogP contribution in [-0.4, -0.2) is 39.2 Å². The largest absolute Gasteiger partial charge is 0.466 e. The summed E-state index contributed by atoms with van der Waals surface area (Å²) in [7, 11) is 4.57. The molecule has 1 aliphatic heterocycles. The van der Waals surface area contributed by atoms with Gasteiger partial charge in [0.05, 0.1) is 36.8 Å². The smallest absolute Gasteiger partial charge is 0.336 e. The lowest BCUT2D eigenvalue weighted by Crippen LogP contribution is -2.57. The molecule has 0 fully saturated rings. The van der Waals surface area contributed by atoms with E-state index < -0.39 is 17.4 Å². The molecule has 1 aromatic carbocycles. The molecule has 0 spiro atoms. The lowest BCUT2D eigenvalue weighted by atomic mass is 9.59. The fourth-order valence-electron chi connectivity index (χ4n) is 3.73. The summed E-state index contributed by atoms with van der Waals surface area (Å²) in [6, 6.07) is 7.66. The van der Waals surface area contributed by atoms with Crippen LogP contribution in [0.4, 0.5) is 5.69 Å². The zero-order chi connectivity index (χ0) is 15.4. The number of likely N-dealkylation sites (N-methyl/N-ethyl adjacent to an activating group) is 1. The molecule has 2 aliphatic rings. The van der Waals surface area contributed by atoms with E-state index >= 15 is 0 Å². The number of rotatable bonds is 2. The van der Waals surface area contributed by atoms with Crippen molar-refractivity contribution in [1.29, 1.82) is 0 Å². The van der Waals surface area contributed by atoms with Crippen LogP contribution in [0.25, 0.3) is 0 Å². The molecule has 110 valence electrons. The Hall–Kier alpha value is -2.30. The van der Waals surface area contributed by atoms with E-state index in [0.29, 0.717) is 11.1 Å². The number of carbonyl (C=O) groups excluding carboxylic acids is 2. The van der Waals surface area contributed by atoms with Crippen LogP contribution < -0.4 is 4.90 Å². The fraction of sp³-hybridized carbons (Fsp3) is 0.375. The Labute approximate surface area is 123 Å². The summed E-state index contributed by atoms with van der Waals surface area (Å²) in [5.74, 6) is -0.947. The third-order valence-corrected chi connectivity index (χ3v) is 4.63. The van der Waals surface area contributed by atoms with E-state index in [9.17, 15) is 9.59 Å². The van der Waals surface area contributed by atoms with Gasteiger partial charge in [0.2, 0.25) is 0 Å². The molecule has 0 aromatic heterocycles. The van der Waals surface area contributed by atoms with Gasteiger partial charge in [-0.3, -0.25) is 0 Å². The molecule has 2 unspecified atom stereocenters. The second-order valence-corrected chi connectivity index (χ2v) is 5.50. The van der Waals surface area contributed by atoms with Gasteiger partial charge in [0.1, 0.15) is 0 Å². The van der Waals surface area contributed by atoms with Crippen LogP contribution in [0, 0.1) is 0 Å². The molecule has 5 nitrogen and oxygen atoms in total. The summed E-state index contributed by atoms with van der Waals surface area (Å²) in [4.78, 5) is 26.3. The molecule has 2 atom stereocenters. The highest BCUT2D eigenvalue weighted by Gasteiger charge is 2.63. The van der Waals surface area contributed by atoms with E-state index in [4.69, 9.17) is 9.47 Å². The minimum atomic E-state index is -0.540. The molecule has 1 heterocycles. The van der Waals surface area contributed by atoms with Gasteiger partial charge in [0.25, 0.3) is 0 Å². The third kappa shape index (κ3) is 1.46. The van der Waals surface area contributed by atoms with Gasteiger partial charge in [-0.15, -0.1) is 0 Å². The maximum Gasteiger partial charge on any atom is 0.336 e. The van der Waals surface area contributed by atoms with Crippen molar-refractivity contribution in [2.24, 2.45) is 0 Å². The standard InChI is InChI=1S/C16H17NO4/c1-16-9-7-5-6-8-10(9)17(2)13(16)11(14(18)20-3)12(16)15(19)21-4/h5-8,13H,1-4H3. The predicted molar refractivity (Wildman–Crippen MR) is 77.0 cm³/mol. The second kappa shape index (κ2) is 4.35. The van der Waals surface area contributed by atoms with Gasteiger partial charge in [-0.05, 0) is 18.6 Å². The zero-order valence-corrected chi connectivity index (χ0v) is 12.5. The molecule has 0 radical (unpaired) electrons. The van der Waals surface area contributed by atoms with Gasteiger partial charge in [0.15, 0.2) is 0 Å². The number of nitrogens with zero attached hydrogens (tertiary/aromatic N) is 1. The summed E-state index contributed by atoms with van der Waals surface area (Å²) in [5, 5.41) is 0. The van der Waals surface area contributed by atoms with Gasteiger partial charge < -0.3 is 14.4 Å². The number of ether oxygens (including phenoxy) is 2. The molecule has 1 aromatic rings. The Kier molecular flexibility index (Phi) is 2.83. The van der Waals surface area contributed by atoms with Crippen molar-refractivity contribution < 1.29 is 19.1 Å². The number of methoxy groups -OCH3 is 2. The summed E-state index contributed by atoms with van der Waals surface area (Å²) in [6.45, 7) is 1.97. The van der Waals surface area contributed by atoms with Gasteiger partial charge in [-0.25, -0.2) is 9.59 Å². The van der Waals surface area contributed by atoms with Crippen molar-refractivity contribution in [2.75, 3.05) is 26.2 Å². The van der Waals surface area contributed by atoms with Gasteiger partial charge in [-0.2, -0.15) is 0 Å². The molecule has 0 N–H and O–H groups in total. The predicted octanol–water partition coefficient (Wildman–Crippen LogP) is 1.42. The number of esters is 2. The van der Waals surface area contributed by atoms with Crippen LogP contribution in [0.15, 0.2) is 35.4 Å². The fourth-order valence-corrected chi connectivity index (χ4v) is 3.73. The number of benzene rings is 1. The molecule has 0 saturated carbocycles. The average Bonchev–Trinajstić information content (AvgIpc) is 2.67. The Morgan fingerprint density at radius 3 is 2.38 bits per heavy atom. The third-order valence-electron chi connectivity index (χ3n) is 4.63. The van der Waals surface area contributed by atoms with Crippen molar-refractivity contribution in [1.82, 2.24) is 0 Å².